The van der Waals surface area contributed by atoms with Crippen molar-refractivity contribution in [2.24, 2.45) is 0 Å². The Bertz CT molecular complexity index is 159. The van der Waals surface area contributed by atoms with Gasteiger partial charge < -0.3 is 5.11 Å². The minimum absolute atomic E-state index is 0.315. The van der Waals surface area contributed by atoms with Gasteiger partial charge in [0.05, 0.1) is 6.26 Å². The van der Waals surface area contributed by atoms with Crippen LogP contribution in [0, 0.1) is 0 Å². The van der Waals surface area contributed by atoms with Gasteiger partial charge in [-0.1, -0.05) is 0 Å². The fourth-order valence-corrected chi connectivity index (χ4v) is 0. The lowest BCUT2D eigenvalue weighted by atomic mass is 10.6. The molecule has 0 aliphatic rings. The molecule has 0 rings (SSSR count). The second kappa shape index (κ2) is 5.48. The zero-order valence-corrected chi connectivity index (χ0v) is 7.96. The summed E-state index contributed by atoms with van der Waals surface area (Å²) in [5, 5.41) is 8.56. The molecule has 0 bridgehead atoms. The number of rotatable bonds is 1. The van der Waals surface area contributed by atoms with Crippen LogP contribution in [-0.4, -0.2) is 49.6 Å². The zero-order chi connectivity index (χ0) is 9.65. The van der Waals surface area contributed by atoms with Gasteiger partial charge in [0, 0.05) is 0 Å². The topological polar surface area (TPSA) is 77.8 Å². The lowest BCUT2D eigenvalue weighted by Crippen LogP contribution is -2.23. The van der Waals surface area contributed by atoms with Crippen molar-refractivity contribution >= 4 is 10.1 Å². The second-order valence-corrected chi connectivity index (χ2v) is 3.79. The molecule has 11 heavy (non-hydrogen) atoms. The summed E-state index contributed by atoms with van der Waals surface area (Å²) >= 11 is 0. The van der Waals surface area contributed by atoms with E-state index in [2.05, 4.69) is 0 Å². The summed E-state index contributed by atoms with van der Waals surface area (Å²) in [6.07, 6.45) is 0.400. The monoisotopic (exact) mass is 185 g/mol. The molecule has 0 aromatic rings. The van der Waals surface area contributed by atoms with Gasteiger partial charge in [-0.05, 0) is 21.0 Å². The first-order chi connectivity index (χ1) is 4.64. The molecule has 0 aromatic heterocycles. The van der Waals surface area contributed by atoms with Crippen LogP contribution in [0.1, 0.15) is 6.92 Å². The summed E-state index contributed by atoms with van der Waals surface area (Å²) < 4.78 is 25.9. The van der Waals surface area contributed by atoms with Gasteiger partial charge in [-0.25, -0.2) is 0 Å². The highest BCUT2D eigenvalue weighted by molar-refractivity contribution is 7.85. The predicted octanol–water partition coefficient (Wildman–Crippen LogP) is -0.610. The highest BCUT2D eigenvalue weighted by Crippen LogP contribution is 1.79. The summed E-state index contributed by atoms with van der Waals surface area (Å²) in [5.41, 5.74) is 0. The first-order valence-electron chi connectivity index (χ1n) is 2.91. The molecule has 2 N–H and O–H groups in total. The zero-order valence-electron chi connectivity index (χ0n) is 7.14. The van der Waals surface area contributed by atoms with Crippen LogP contribution in [0.15, 0.2) is 0 Å². The Morgan fingerprint density at radius 1 is 1.36 bits per heavy atom. The van der Waals surface area contributed by atoms with E-state index in [-0.39, 0.29) is 6.23 Å². The number of aliphatic hydroxyl groups is 1. The number of nitrogens with zero attached hydrogens (tertiary/aromatic N) is 1. The molecule has 0 radical (unpaired) electrons. The average Bonchev–Trinajstić information content (AvgIpc) is 1.59. The van der Waals surface area contributed by atoms with Gasteiger partial charge in [-0.15, -0.1) is 0 Å². The van der Waals surface area contributed by atoms with Crippen LogP contribution in [0.3, 0.4) is 0 Å². The molecule has 0 heterocycles. The fraction of sp³-hybridized carbons (Fsp3) is 1.00. The lowest BCUT2D eigenvalue weighted by Gasteiger charge is -2.11. The van der Waals surface area contributed by atoms with Gasteiger partial charge in [0.2, 0.25) is 0 Å². The van der Waals surface area contributed by atoms with E-state index in [0.29, 0.717) is 6.26 Å². The Balaban J connectivity index is 0. The fourth-order valence-electron chi connectivity index (χ4n) is 0. The van der Waals surface area contributed by atoms with Crippen molar-refractivity contribution in [1.82, 2.24) is 4.90 Å². The lowest BCUT2D eigenvalue weighted by molar-refractivity contribution is 0.0578. The number of hydrogen-bond donors (Lipinski definition) is 2. The third-order valence-electron chi connectivity index (χ3n) is 0.747. The van der Waals surface area contributed by atoms with E-state index in [1.54, 1.807) is 11.8 Å². The van der Waals surface area contributed by atoms with Crippen molar-refractivity contribution in [3.05, 3.63) is 0 Å². The van der Waals surface area contributed by atoms with Crippen LogP contribution in [0.4, 0.5) is 0 Å². The molecule has 0 fully saturated rings. The molecular formula is C5H15NO4S. The van der Waals surface area contributed by atoms with E-state index in [4.69, 9.17) is 9.66 Å². The summed E-state index contributed by atoms with van der Waals surface area (Å²) in [7, 11) is -0.0185. The Kier molecular flexibility index (Phi) is 6.68. The molecular weight excluding hydrogens is 170 g/mol. The molecule has 1 atom stereocenters. The first kappa shape index (κ1) is 13.4. The van der Waals surface area contributed by atoms with Crippen molar-refractivity contribution in [3.8, 4) is 0 Å². The second-order valence-electron chi connectivity index (χ2n) is 2.33. The molecule has 0 spiro atoms. The first-order valence-corrected chi connectivity index (χ1v) is 4.76. The van der Waals surface area contributed by atoms with E-state index >= 15 is 0 Å². The van der Waals surface area contributed by atoms with E-state index < -0.39 is 10.1 Å². The predicted molar refractivity (Wildman–Crippen MR) is 42.8 cm³/mol. The maximum Gasteiger partial charge on any atom is 0.261 e. The van der Waals surface area contributed by atoms with E-state index in [9.17, 15) is 8.42 Å². The minimum Gasteiger partial charge on any atom is -0.379 e. The van der Waals surface area contributed by atoms with Crippen molar-refractivity contribution in [2.75, 3.05) is 20.4 Å². The molecule has 0 aliphatic carbocycles. The van der Waals surface area contributed by atoms with Crippen LogP contribution in [-0.2, 0) is 10.1 Å². The van der Waals surface area contributed by atoms with Gasteiger partial charge in [-0.2, -0.15) is 8.42 Å². The highest BCUT2D eigenvalue weighted by atomic mass is 32.2. The summed E-state index contributed by atoms with van der Waals surface area (Å²) in [6.45, 7) is 1.72. The van der Waals surface area contributed by atoms with E-state index in [1.165, 1.54) is 0 Å². The van der Waals surface area contributed by atoms with Crippen LogP contribution >= 0.6 is 0 Å². The average molecular weight is 185 g/mol. The van der Waals surface area contributed by atoms with Crippen LogP contribution < -0.4 is 0 Å². The summed E-state index contributed by atoms with van der Waals surface area (Å²) in [4.78, 5) is 1.72. The third kappa shape index (κ3) is 41.1. The van der Waals surface area contributed by atoms with Gasteiger partial charge in [0.15, 0.2) is 0 Å². The van der Waals surface area contributed by atoms with Crippen molar-refractivity contribution in [2.45, 2.75) is 13.2 Å². The van der Waals surface area contributed by atoms with Crippen molar-refractivity contribution in [1.29, 1.82) is 0 Å². The smallest absolute Gasteiger partial charge is 0.261 e. The highest BCUT2D eigenvalue weighted by Gasteiger charge is 1.92. The molecule has 0 amide bonds. The normalized spacial score (nSPS) is 13.7. The molecule has 0 aliphatic heterocycles. The Morgan fingerprint density at radius 3 is 1.45 bits per heavy atom. The van der Waals surface area contributed by atoms with Crippen molar-refractivity contribution < 1.29 is 18.1 Å². The summed E-state index contributed by atoms with van der Waals surface area (Å²) in [6, 6.07) is 0. The molecule has 0 saturated heterocycles. The maximum absolute atomic E-state index is 9.19. The Hall–Kier alpha value is -0.170. The third-order valence-corrected chi connectivity index (χ3v) is 0.747. The Morgan fingerprint density at radius 2 is 1.45 bits per heavy atom. The van der Waals surface area contributed by atoms with Crippen LogP contribution in [0.5, 0.6) is 0 Å². The van der Waals surface area contributed by atoms with Gasteiger partial charge in [-0.3, -0.25) is 9.45 Å². The minimum atomic E-state index is -3.67. The standard InChI is InChI=1S/C4H11NO.CH4O3S/c1-4(6)5(2)3;1-5(2,3)4/h4,6H,1-3H3;1H3,(H,2,3,4). The quantitative estimate of drug-likeness (QED) is 0.421. The number of aliphatic hydroxyl groups excluding tert-OH is 1. The molecule has 70 valence electrons. The molecule has 0 aromatic carbocycles. The van der Waals surface area contributed by atoms with Gasteiger partial charge in [0.25, 0.3) is 10.1 Å². The summed E-state index contributed by atoms with van der Waals surface area (Å²) in [5.74, 6) is 0. The molecule has 6 heteroatoms. The molecule has 5 nitrogen and oxygen atoms in total. The SMILES string of the molecule is CC(O)N(C)C.CS(=O)(=O)O. The number of hydrogen-bond acceptors (Lipinski definition) is 4. The van der Waals surface area contributed by atoms with E-state index in [0.717, 1.165) is 0 Å². The van der Waals surface area contributed by atoms with Gasteiger partial charge >= 0.3 is 0 Å². The molecule has 0 saturated carbocycles. The van der Waals surface area contributed by atoms with Crippen LogP contribution in [0.2, 0.25) is 0 Å². The maximum atomic E-state index is 9.19. The largest absolute Gasteiger partial charge is 0.379 e. The Labute approximate surface area is 67.4 Å². The van der Waals surface area contributed by atoms with E-state index in [1.807, 2.05) is 14.1 Å². The van der Waals surface area contributed by atoms with Gasteiger partial charge in [0.1, 0.15) is 6.23 Å². The van der Waals surface area contributed by atoms with Crippen molar-refractivity contribution in [3.63, 3.8) is 0 Å². The molecule has 1 unspecified atom stereocenters. The van der Waals surface area contributed by atoms with Crippen LogP contribution in [0.25, 0.3) is 0 Å².